The Morgan fingerprint density at radius 3 is 1.49 bits per heavy atom. The van der Waals surface area contributed by atoms with Gasteiger partial charge in [-0.2, -0.15) is 0 Å². The lowest BCUT2D eigenvalue weighted by molar-refractivity contribution is 1.20. The van der Waals surface area contributed by atoms with Gasteiger partial charge in [0.15, 0.2) is 0 Å². The van der Waals surface area contributed by atoms with E-state index in [0.717, 1.165) is 11.3 Å². The van der Waals surface area contributed by atoms with Crippen LogP contribution in [0.1, 0.15) is 11.3 Å². The lowest BCUT2D eigenvalue weighted by Crippen LogP contribution is -1.92. The molecule has 0 saturated heterocycles. The number of aryl methyl sites for hydroxylation is 2. The van der Waals surface area contributed by atoms with Crippen molar-refractivity contribution in [2.45, 2.75) is 13.8 Å². The SMILES string of the molecule is Cc1ccc(-c2ccc(-c3c4ccccc4c(-c4ccc(-c5c[nH]cc5C)c5ccccc45)c4ccccc34)cc2)cn1. The maximum absolute atomic E-state index is 4.50. The maximum atomic E-state index is 4.50. The Kier molecular flexibility index (Phi) is 5.94. The highest BCUT2D eigenvalue weighted by atomic mass is 14.7. The molecule has 43 heavy (non-hydrogen) atoms. The summed E-state index contributed by atoms with van der Waals surface area (Å²) in [6.45, 7) is 4.19. The Hall–Kier alpha value is -5.47. The highest BCUT2D eigenvalue weighted by molar-refractivity contribution is 6.24. The summed E-state index contributed by atoms with van der Waals surface area (Å²) in [6.07, 6.45) is 6.13. The summed E-state index contributed by atoms with van der Waals surface area (Å²) >= 11 is 0. The molecule has 0 radical (unpaired) electrons. The number of aromatic amines is 1. The minimum atomic E-state index is 1.03. The smallest absolute Gasteiger partial charge is 0.0373 e. The van der Waals surface area contributed by atoms with Crippen LogP contribution in [0.25, 0.3) is 76.8 Å². The summed E-state index contributed by atoms with van der Waals surface area (Å²) in [5.41, 5.74) is 12.1. The second-order valence-corrected chi connectivity index (χ2v) is 11.4. The number of pyridine rings is 1. The second-order valence-electron chi connectivity index (χ2n) is 11.4. The lowest BCUT2D eigenvalue weighted by Gasteiger charge is -2.19. The second kappa shape index (κ2) is 10.1. The van der Waals surface area contributed by atoms with Gasteiger partial charge in [0, 0.05) is 35.4 Å². The molecule has 0 aliphatic carbocycles. The zero-order valence-corrected chi connectivity index (χ0v) is 24.2. The van der Waals surface area contributed by atoms with Crippen molar-refractivity contribution in [2.75, 3.05) is 0 Å². The van der Waals surface area contributed by atoms with Crippen molar-refractivity contribution in [1.29, 1.82) is 0 Å². The van der Waals surface area contributed by atoms with Gasteiger partial charge in [0.25, 0.3) is 0 Å². The summed E-state index contributed by atoms with van der Waals surface area (Å²) in [5.74, 6) is 0. The maximum Gasteiger partial charge on any atom is 0.0373 e. The minimum Gasteiger partial charge on any atom is -0.367 e. The number of hydrogen-bond acceptors (Lipinski definition) is 1. The molecule has 2 heteroatoms. The number of H-pyrrole nitrogens is 1. The Morgan fingerprint density at radius 2 is 0.930 bits per heavy atom. The van der Waals surface area contributed by atoms with Crippen LogP contribution in [0.5, 0.6) is 0 Å². The molecule has 0 fully saturated rings. The molecule has 204 valence electrons. The van der Waals surface area contributed by atoms with Gasteiger partial charge in [-0.1, -0.05) is 115 Å². The van der Waals surface area contributed by atoms with Crippen molar-refractivity contribution >= 4 is 32.3 Å². The standard InChI is InChI=1S/C41H30N2/c1-26-23-42-25-39(26)33-21-22-38(32-10-4-3-9-31(32)33)41-36-13-7-5-11-34(36)40(35-12-6-8-14-37(35)41)29-19-17-28(18-20-29)30-16-15-27(2)43-24-30/h3-25,42H,1-2H3. The van der Waals surface area contributed by atoms with E-state index in [0.29, 0.717) is 0 Å². The molecule has 0 amide bonds. The third-order valence-corrected chi connectivity index (χ3v) is 8.79. The van der Waals surface area contributed by atoms with E-state index in [-0.39, 0.29) is 0 Å². The van der Waals surface area contributed by atoms with Gasteiger partial charge in [-0.15, -0.1) is 0 Å². The molecule has 0 spiro atoms. The van der Waals surface area contributed by atoms with E-state index < -0.39 is 0 Å². The van der Waals surface area contributed by atoms with Crippen LogP contribution in [-0.2, 0) is 0 Å². The van der Waals surface area contributed by atoms with Gasteiger partial charge >= 0.3 is 0 Å². The molecule has 0 saturated carbocycles. The van der Waals surface area contributed by atoms with E-state index in [1.807, 2.05) is 13.1 Å². The largest absolute Gasteiger partial charge is 0.367 e. The van der Waals surface area contributed by atoms with Crippen molar-refractivity contribution in [3.8, 4) is 44.5 Å². The normalized spacial score (nSPS) is 11.5. The van der Waals surface area contributed by atoms with Crippen LogP contribution in [0, 0.1) is 13.8 Å². The summed E-state index contributed by atoms with van der Waals surface area (Å²) in [5, 5.41) is 7.57. The van der Waals surface area contributed by atoms with E-state index >= 15 is 0 Å². The molecule has 8 rings (SSSR count). The molecule has 0 aliphatic heterocycles. The van der Waals surface area contributed by atoms with Gasteiger partial charge in [0.05, 0.1) is 0 Å². The molecular formula is C41H30N2. The monoisotopic (exact) mass is 550 g/mol. The van der Waals surface area contributed by atoms with Crippen molar-refractivity contribution < 1.29 is 0 Å². The zero-order chi connectivity index (χ0) is 28.9. The highest BCUT2D eigenvalue weighted by Crippen LogP contribution is 2.46. The summed E-state index contributed by atoms with van der Waals surface area (Å²) < 4.78 is 0. The van der Waals surface area contributed by atoms with E-state index in [1.54, 1.807) is 0 Å². The van der Waals surface area contributed by atoms with Crippen molar-refractivity contribution in [3.05, 3.63) is 151 Å². The Morgan fingerprint density at radius 1 is 0.419 bits per heavy atom. The van der Waals surface area contributed by atoms with Gasteiger partial charge in [-0.05, 0) is 91.2 Å². The third-order valence-electron chi connectivity index (χ3n) is 8.79. The van der Waals surface area contributed by atoms with Crippen LogP contribution >= 0.6 is 0 Å². The molecule has 0 bridgehead atoms. The Balaban J connectivity index is 1.39. The predicted molar refractivity (Wildman–Crippen MR) is 182 cm³/mol. The first-order chi connectivity index (χ1) is 21.2. The molecular weight excluding hydrogens is 520 g/mol. The predicted octanol–water partition coefficient (Wildman–Crippen LogP) is 11.2. The van der Waals surface area contributed by atoms with Gasteiger partial charge in [0.2, 0.25) is 0 Å². The molecule has 2 aromatic heterocycles. The van der Waals surface area contributed by atoms with E-state index in [1.165, 1.54) is 76.8 Å². The average molecular weight is 551 g/mol. The van der Waals surface area contributed by atoms with Crippen LogP contribution < -0.4 is 0 Å². The quantitative estimate of drug-likeness (QED) is 0.217. The molecule has 6 aromatic carbocycles. The van der Waals surface area contributed by atoms with Crippen LogP contribution in [0.15, 0.2) is 140 Å². The average Bonchev–Trinajstić information content (AvgIpc) is 3.49. The fourth-order valence-electron chi connectivity index (χ4n) is 6.68. The van der Waals surface area contributed by atoms with Crippen molar-refractivity contribution in [2.24, 2.45) is 0 Å². The van der Waals surface area contributed by atoms with Crippen molar-refractivity contribution in [3.63, 3.8) is 0 Å². The molecule has 2 heterocycles. The van der Waals surface area contributed by atoms with Gasteiger partial charge in [-0.25, -0.2) is 0 Å². The number of hydrogen-bond donors (Lipinski definition) is 1. The first kappa shape index (κ1) is 25.3. The molecule has 1 N–H and O–H groups in total. The van der Waals surface area contributed by atoms with E-state index in [2.05, 4.69) is 151 Å². The molecule has 0 atom stereocenters. The van der Waals surface area contributed by atoms with E-state index in [9.17, 15) is 0 Å². The number of fused-ring (bicyclic) bond motifs is 3. The van der Waals surface area contributed by atoms with E-state index in [4.69, 9.17) is 0 Å². The number of aromatic nitrogens is 2. The summed E-state index contributed by atoms with van der Waals surface area (Å²) in [6, 6.07) is 44.4. The van der Waals surface area contributed by atoms with Crippen LogP contribution in [0.3, 0.4) is 0 Å². The van der Waals surface area contributed by atoms with Gasteiger partial charge in [0.1, 0.15) is 0 Å². The number of rotatable bonds is 4. The van der Waals surface area contributed by atoms with Gasteiger partial charge in [-0.3, -0.25) is 4.98 Å². The number of nitrogens with zero attached hydrogens (tertiary/aromatic N) is 1. The molecule has 0 aliphatic rings. The fraction of sp³-hybridized carbons (Fsp3) is 0.0488. The molecule has 0 unspecified atom stereocenters. The Labute approximate surface area is 251 Å². The lowest BCUT2D eigenvalue weighted by atomic mass is 9.83. The molecule has 8 aromatic rings. The fourth-order valence-corrected chi connectivity index (χ4v) is 6.68. The molecule has 2 nitrogen and oxygen atoms in total. The van der Waals surface area contributed by atoms with Crippen LogP contribution in [0.2, 0.25) is 0 Å². The number of benzene rings is 6. The van der Waals surface area contributed by atoms with Crippen LogP contribution in [-0.4, -0.2) is 9.97 Å². The Bertz CT molecular complexity index is 2230. The van der Waals surface area contributed by atoms with Crippen LogP contribution in [0.4, 0.5) is 0 Å². The highest BCUT2D eigenvalue weighted by Gasteiger charge is 2.19. The summed E-state index contributed by atoms with van der Waals surface area (Å²) in [4.78, 5) is 7.79. The van der Waals surface area contributed by atoms with Gasteiger partial charge < -0.3 is 4.98 Å². The topological polar surface area (TPSA) is 28.7 Å². The zero-order valence-electron chi connectivity index (χ0n) is 24.2. The summed E-state index contributed by atoms with van der Waals surface area (Å²) in [7, 11) is 0. The third kappa shape index (κ3) is 4.14. The number of nitrogens with one attached hydrogen (secondary N) is 1. The van der Waals surface area contributed by atoms with Crippen molar-refractivity contribution in [1.82, 2.24) is 9.97 Å². The first-order valence-electron chi connectivity index (χ1n) is 14.8. The minimum absolute atomic E-state index is 1.03. The first-order valence-corrected chi connectivity index (χ1v) is 14.8.